The first kappa shape index (κ1) is 16.5. The highest BCUT2D eigenvalue weighted by molar-refractivity contribution is 9.11. The van der Waals surface area contributed by atoms with Crippen LogP contribution in [0.3, 0.4) is 0 Å². The Morgan fingerprint density at radius 1 is 1.24 bits per heavy atom. The van der Waals surface area contributed by atoms with Gasteiger partial charge < -0.3 is 5.73 Å². The zero-order valence-corrected chi connectivity index (χ0v) is 15.0. The van der Waals surface area contributed by atoms with E-state index in [9.17, 15) is 8.42 Å². The third kappa shape index (κ3) is 3.85. The molecule has 21 heavy (non-hydrogen) atoms. The molecule has 2 aromatic rings. The number of nitrogen functional groups attached to an aromatic ring is 1. The van der Waals surface area contributed by atoms with Crippen molar-refractivity contribution in [3.63, 3.8) is 0 Å². The fourth-order valence-corrected chi connectivity index (χ4v) is 4.97. The van der Waals surface area contributed by atoms with Crippen molar-refractivity contribution in [2.75, 3.05) is 12.3 Å². The maximum atomic E-state index is 12.4. The Labute approximate surface area is 137 Å². The van der Waals surface area contributed by atoms with Crippen LogP contribution in [0.5, 0.6) is 0 Å². The smallest absolute Gasteiger partial charge is 0.242 e. The standard InChI is InChI=1S/C14H17BrN2O2S2/c1-9-3-5-12(16)14(10(9)2)21(18,19)17-8-7-11-4-6-13(15)20-11/h3-6,17H,7-8,16H2,1-2H3. The number of halogens is 1. The van der Waals surface area contributed by atoms with E-state index in [2.05, 4.69) is 20.7 Å². The SMILES string of the molecule is Cc1ccc(N)c(S(=O)(=O)NCCc2ccc(Br)s2)c1C. The summed E-state index contributed by atoms with van der Waals surface area (Å²) in [5, 5.41) is 0. The molecule has 1 heterocycles. The molecule has 0 bridgehead atoms. The molecule has 0 amide bonds. The second kappa shape index (κ2) is 6.48. The summed E-state index contributed by atoms with van der Waals surface area (Å²) in [6.07, 6.45) is 0.653. The second-order valence-electron chi connectivity index (χ2n) is 4.78. The number of sulfonamides is 1. The molecular formula is C14H17BrN2O2S2. The first-order valence-corrected chi connectivity index (χ1v) is 9.50. The molecule has 0 saturated carbocycles. The van der Waals surface area contributed by atoms with E-state index in [1.54, 1.807) is 24.3 Å². The van der Waals surface area contributed by atoms with Crippen LogP contribution in [-0.2, 0) is 16.4 Å². The van der Waals surface area contributed by atoms with Gasteiger partial charge in [0.05, 0.1) is 9.47 Å². The van der Waals surface area contributed by atoms with Crippen LogP contribution >= 0.6 is 27.3 Å². The molecule has 2 rings (SSSR count). The fraction of sp³-hybridized carbons (Fsp3) is 0.286. The van der Waals surface area contributed by atoms with Crippen molar-refractivity contribution in [3.8, 4) is 0 Å². The molecule has 0 atom stereocenters. The lowest BCUT2D eigenvalue weighted by Gasteiger charge is -2.13. The molecule has 0 aliphatic heterocycles. The zero-order valence-electron chi connectivity index (χ0n) is 11.8. The predicted octanol–water partition coefficient (Wildman–Crippen LogP) is 3.23. The summed E-state index contributed by atoms with van der Waals surface area (Å²) in [4.78, 5) is 1.31. The largest absolute Gasteiger partial charge is 0.398 e. The van der Waals surface area contributed by atoms with Gasteiger partial charge in [-0.3, -0.25) is 0 Å². The Hall–Kier alpha value is -0.890. The van der Waals surface area contributed by atoms with Gasteiger partial charge in [0.1, 0.15) is 4.90 Å². The minimum atomic E-state index is -3.59. The molecule has 0 radical (unpaired) electrons. The quantitative estimate of drug-likeness (QED) is 0.772. The number of aryl methyl sites for hydroxylation is 1. The van der Waals surface area contributed by atoms with Gasteiger partial charge in [-0.25, -0.2) is 13.1 Å². The molecule has 1 aromatic heterocycles. The minimum Gasteiger partial charge on any atom is -0.398 e. The highest BCUT2D eigenvalue weighted by atomic mass is 79.9. The molecule has 1 aromatic carbocycles. The van der Waals surface area contributed by atoms with Gasteiger partial charge in [-0.1, -0.05) is 6.07 Å². The summed E-state index contributed by atoms with van der Waals surface area (Å²) in [5.41, 5.74) is 7.73. The Morgan fingerprint density at radius 3 is 2.57 bits per heavy atom. The van der Waals surface area contributed by atoms with Crippen molar-refractivity contribution < 1.29 is 8.42 Å². The molecule has 114 valence electrons. The molecule has 0 aliphatic rings. The zero-order chi connectivity index (χ0) is 15.6. The Bertz CT molecular complexity index is 754. The van der Waals surface area contributed by atoms with Crippen molar-refractivity contribution in [2.45, 2.75) is 25.2 Å². The Morgan fingerprint density at radius 2 is 1.95 bits per heavy atom. The average molecular weight is 389 g/mol. The number of nitrogens with one attached hydrogen (secondary N) is 1. The molecule has 0 unspecified atom stereocenters. The summed E-state index contributed by atoms with van der Waals surface area (Å²) < 4.78 is 28.5. The topological polar surface area (TPSA) is 72.2 Å². The lowest BCUT2D eigenvalue weighted by molar-refractivity contribution is 0.581. The van der Waals surface area contributed by atoms with Crippen molar-refractivity contribution in [1.29, 1.82) is 0 Å². The van der Waals surface area contributed by atoms with Gasteiger partial charge in [0.25, 0.3) is 0 Å². The van der Waals surface area contributed by atoms with Crippen molar-refractivity contribution in [3.05, 3.63) is 44.1 Å². The van der Waals surface area contributed by atoms with Gasteiger partial charge in [0.15, 0.2) is 0 Å². The van der Waals surface area contributed by atoms with Crippen molar-refractivity contribution in [1.82, 2.24) is 4.72 Å². The van der Waals surface area contributed by atoms with Crippen LogP contribution < -0.4 is 10.5 Å². The van der Waals surface area contributed by atoms with Gasteiger partial charge in [-0.05, 0) is 65.5 Å². The molecule has 0 spiro atoms. The predicted molar refractivity (Wildman–Crippen MR) is 91.2 cm³/mol. The fourth-order valence-electron chi connectivity index (χ4n) is 2.03. The second-order valence-corrected chi connectivity index (χ2v) is 9.03. The van der Waals surface area contributed by atoms with Crippen LogP contribution in [0.25, 0.3) is 0 Å². The van der Waals surface area contributed by atoms with Gasteiger partial charge in [-0.15, -0.1) is 11.3 Å². The van der Waals surface area contributed by atoms with Crippen LogP contribution in [0, 0.1) is 13.8 Å². The van der Waals surface area contributed by atoms with Crippen molar-refractivity contribution in [2.24, 2.45) is 0 Å². The van der Waals surface area contributed by atoms with Crippen LogP contribution in [0.15, 0.2) is 32.9 Å². The minimum absolute atomic E-state index is 0.190. The van der Waals surface area contributed by atoms with Gasteiger partial charge in [0, 0.05) is 11.4 Å². The molecule has 7 heteroatoms. The lowest BCUT2D eigenvalue weighted by Crippen LogP contribution is -2.27. The van der Waals surface area contributed by atoms with E-state index in [0.717, 1.165) is 14.2 Å². The van der Waals surface area contributed by atoms with E-state index in [0.29, 0.717) is 18.5 Å². The van der Waals surface area contributed by atoms with Crippen LogP contribution in [-0.4, -0.2) is 15.0 Å². The highest BCUT2D eigenvalue weighted by Gasteiger charge is 2.20. The normalized spacial score (nSPS) is 11.8. The van der Waals surface area contributed by atoms with Crippen LogP contribution in [0.1, 0.15) is 16.0 Å². The number of hydrogen-bond acceptors (Lipinski definition) is 4. The number of nitrogens with two attached hydrogens (primary N) is 1. The number of benzene rings is 1. The van der Waals surface area contributed by atoms with E-state index in [1.807, 2.05) is 25.1 Å². The van der Waals surface area contributed by atoms with E-state index >= 15 is 0 Å². The summed E-state index contributed by atoms with van der Waals surface area (Å²) in [6, 6.07) is 7.40. The van der Waals surface area contributed by atoms with Gasteiger partial charge in [0.2, 0.25) is 10.0 Å². The first-order chi connectivity index (χ1) is 9.81. The summed E-state index contributed by atoms with van der Waals surface area (Å²) in [6.45, 7) is 4.00. The Kier molecular flexibility index (Phi) is 5.08. The third-order valence-corrected chi connectivity index (χ3v) is 6.62. The van der Waals surface area contributed by atoms with Crippen LogP contribution in [0.2, 0.25) is 0 Å². The molecule has 0 aliphatic carbocycles. The van der Waals surface area contributed by atoms with Crippen molar-refractivity contribution >= 4 is 43.0 Å². The van der Waals surface area contributed by atoms with E-state index in [4.69, 9.17) is 5.73 Å². The average Bonchev–Trinajstić information content (AvgIpc) is 2.80. The monoisotopic (exact) mass is 388 g/mol. The molecule has 0 saturated heterocycles. The first-order valence-electron chi connectivity index (χ1n) is 6.41. The highest BCUT2D eigenvalue weighted by Crippen LogP contribution is 2.25. The van der Waals surface area contributed by atoms with E-state index < -0.39 is 10.0 Å². The van der Waals surface area contributed by atoms with E-state index in [-0.39, 0.29) is 10.6 Å². The summed E-state index contributed by atoms with van der Waals surface area (Å²) in [5.74, 6) is 0. The molecule has 0 fully saturated rings. The number of thiophene rings is 1. The summed E-state index contributed by atoms with van der Waals surface area (Å²) in [7, 11) is -3.59. The van der Waals surface area contributed by atoms with Gasteiger partial charge in [-0.2, -0.15) is 0 Å². The number of anilines is 1. The third-order valence-electron chi connectivity index (χ3n) is 3.27. The number of rotatable bonds is 5. The molecular weight excluding hydrogens is 372 g/mol. The van der Waals surface area contributed by atoms with E-state index in [1.165, 1.54) is 0 Å². The maximum Gasteiger partial charge on any atom is 0.242 e. The summed E-state index contributed by atoms with van der Waals surface area (Å²) >= 11 is 4.99. The van der Waals surface area contributed by atoms with Gasteiger partial charge >= 0.3 is 0 Å². The molecule has 3 N–H and O–H groups in total. The van der Waals surface area contributed by atoms with Crippen LogP contribution in [0.4, 0.5) is 5.69 Å². The maximum absolute atomic E-state index is 12.4. The lowest BCUT2D eigenvalue weighted by atomic mass is 10.1. The number of hydrogen-bond donors (Lipinski definition) is 2. The molecule has 4 nitrogen and oxygen atoms in total. The Balaban J connectivity index is 2.14.